The first-order valence-corrected chi connectivity index (χ1v) is 13.4. The van der Waals surface area contributed by atoms with Crippen molar-refractivity contribution in [3.63, 3.8) is 0 Å². The van der Waals surface area contributed by atoms with E-state index in [0.717, 1.165) is 51.4 Å². The Hall–Kier alpha value is -2.93. The Bertz CT molecular complexity index is 1060. The Kier molecular flexibility index (Phi) is 6.77. The number of carbonyl (C=O) groups is 2. The lowest BCUT2D eigenvalue weighted by atomic mass is 9.62. The quantitative estimate of drug-likeness (QED) is 0.561. The largest absolute Gasteiger partial charge is 0.388 e. The van der Waals surface area contributed by atoms with Crippen LogP contribution in [0.3, 0.4) is 0 Å². The summed E-state index contributed by atoms with van der Waals surface area (Å²) < 4.78 is 0. The number of hydrogen-bond donors (Lipinski definition) is 2. The topological polar surface area (TPSA) is 85.8 Å². The van der Waals surface area contributed by atoms with E-state index in [2.05, 4.69) is 47.6 Å². The molecule has 7 heteroatoms. The van der Waals surface area contributed by atoms with E-state index in [0.29, 0.717) is 25.3 Å². The van der Waals surface area contributed by atoms with Crippen LogP contribution in [-0.2, 0) is 10.2 Å². The third kappa shape index (κ3) is 4.73. The average molecular weight is 491 g/mol. The molecule has 1 aromatic heterocycles. The van der Waals surface area contributed by atoms with Gasteiger partial charge >= 0.3 is 6.03 Å². The van der Waals surface area contributed by atoms with Crippen LogP contribution in [0.5, 0.6) is 0 Å². The number of amides is 3. The number of hydrogen-bond acceptors (Lipinski definition) is 4. The van der Waals surface area contributed by atoms with E-state index in [9.17, 15) is 14.7 Å². The molecule has 5 rings (SSSR count). The normalized spacial score (nSPS) is 27.2. The highest BCUT2D eigenvalue weighted by molar-refractivity contribution is 5.91. The summed E-state index contributed by atoms with van der Waals surface area (Å²) in [5.74, 6) is -0.114. The SMILES string of the molecule is CCC1(c2ccccc2)CCC2(CC1)CN(CCC(=O)Nc1ccncc1)C(=O)N2CC1(O)CCC1. The molecule has 3 fully saturated rings. The number of benzene rings is 1. The van der Waals surface area contributed by atoms with Crippen molar-refractivity contribution in [3.8, 4) is 0 Å². The number of urea groups is 1. The number of anilines is 1. The Balaban J connectivity index is 1.30. The molecule has 1 aromatic carbocycles. The number of rotatable bonds is 8. The fourth-order valence-electron chi connectivity index (χ4n) is 6.48. The van der Waals surface area contributed by atoms with Crippen LogP contribution in [0.4, 0.5) is 10.5 Å². The Morgan fingerprint density at radius 1 is 1.03 bits per heavy atom. The first kappa shape index (κ1) is 24.8. The zero-order chi connectivity index (χ0) is 25.2. The first-order valence-electron chi connectivity index (χ1n) is 13.4. The fourth-order valence-corrected chi connectivity index (χ4v) is 6.48. The molecule has 1 saturated heterocycles. The minimum Gasteiger partial charge on any atom is -0.388 e. The molecule has 3 aliphatic rings. The minimum absolute atomic E-state index is 0.0317. The highest BCUT2D eigenvalue weighted by atomic mass is 16.3. The molecule has 0 atom stereocenters. The summed E-state index contributed by atoms with van der Waals surface area (Å²) in [4.78, 5) is 34.0. The predicted octanol–water partition coefficient (Wildman–Crippen LogP) is 4.72. The summed E-state index contributed by atoms with van der Waals surface area (Å²) in [6, 6.07) is 14.3. The highest BCUT2D eigenvalue weighted by Gasteiger charge is 2.55. The molecule has 2 N–H and O–H groups in total. The third-order valence-corrected chi connectivity index (χ3v) is 9.07. The Morgan fingerprint density at radius 3 is 2.33 bits per heavy atom. The zero-order valence-electron chi connectivity index (χ0n) is 21.3. The number of nitrogens with one attached hydrogen (secondary N) is 1. The summed E-state index contributed by atoms with van der Waals surface area (Å²) in [6.45, 7) is 3.67. The number of nitrogens with zero attached hydrogens (tertiary/aromatic N) is 3. The van der Waals surface area contributed by atoms with Gasteiger partial charge in [-0.25, -0.2) is 4.79 Å². The third-order valence-electron chi connectivity index (χ3n) is 9.07. The summed E-state index contributed by atoms with van der Waals surface area (Å²) in [6.07, 6.45) is 11.0. The van der Waals surface area contributed by atoms with E-state index >= 15 is 0 Å². The van der Waals surface area contributed by atoms with Gasteiger partial charge in [0.2, 0.25) is 5.91 Å². The Morgan fingerprint density at radius 2 is 1.72 bits per heavy atom. The van der Waals surface area contributed by atoms with Gasteiger partial charge in [-0.2, -0.15) is 0 Å². The van der Waals surface area contributed by atoms with Gasteiger partial charge in [0, 0.05) is 37.6 Å². The number of β-amino-alcohol motifs (C(OH)–C–C–N with tert-alkyl or cyclic N) is 1. The molecular formula is C29H38N4O3. The van der Waals surface area contributed by atoms with E-state index in [-0.39, 0.29) is 29.3 Å². The molecule has 1 spiro atoms. The van der Waals surface area contributed by atoms with Gasteiger partial charge in [-0.3, -0.25) is 9.78 Å². The first-order chi connectivity index (χ1) is 17.4. The van der Waals surface area contributed by atoms with Crippen molar-refractivity contribution in [2.45, 2.75) is 81.3 Å². The van der Waals surface area contributed by atoms with Crippen LogP contribution >= 0.6 is 0 Å². The Labute approximate surface area is 213 Å². The van der Waals surface area contributed by atoms with Crippen molar-refractivity contribution in [2.75, 3.05) is 25.0 Å². The summed E-state index contributed by atoms with van der Waals surface area (Å²) in [5, 5.41) is 13.9. The fraction of sp³-hybridized carbons (Fsp3) is 0.552. The second-order valence-corrected chi connectivity index (χ2v) is 11.1. The lowest BCUT2D eigenvalue weighted by molar-refractivity contribution is -0.116. The highest BCUT2D eigenvalue weighted by Crippen LogP contribution is 2.50. The maximum atomic E-state index is 13.7. The molecule has 2 aliphatic carbocycles. The maximum Gasteiger partial charge on any atom is 0.320 e. The summed E-state index contributed by atoms with van der Waals surface area (Å²) in [7, 11) is 0. The number of carbonyl (C=O) groups excluding carboxylic acids is 2. The van der Waals surface area contributed by atoms with Gasteiger partial charge in [0.15, 0.2) is 0 Å². The monoisotopic (exact) mass is 490 g/mol. The molecule has 2 saturated carbocycles. The molecule has 36 heavy (non-hydrogen) atoms. The van der Waals surface area contributed by atoms with E-state index < -0.39 is 5.60 Å². The molecular weight excluding hydrogens is 452 g/mol. The smallest absolute Gasteiger partial charge is 0.320 e. The van der Waals surface area contributed by atoms with Gasteiger partial charge in [0.1, 0.15) is 0 Å². The lowest BCUT2D eigenvalue weighted by Gasteiger charge is -2.50. The van der Waals surface area contributed by atoms with Crippen molar-refractivity contribution >= 4 is 17.6 Å². The number of aromatic nitrogens is 1. The van der Waals surface area contributed by atoms with Gasteiger partial charge in [-0.1, -0.05) is 37.3 Å². The van der Waals surface area contributed by atoms with E-state index in [1.165, 1.54) is 5.56 Å². The van der Waals surface area contributed by atoms with Crippen LogP contribution in [0.15, 0.2) is 54.9 Å². The molecule has 2 heterocycles. The van der Waals surface area contributed by atoms with Crippen molar-refractivity contribution in [1.29, 1.82) is 0 Å². The molecule has 0 unspecified atom stereocenters. The maximum absolute atomic E-state index is 13.7. The molecule has 0 radical (unpaired) electrons. The van der Waals surface area contributed by atoms with E-state index in [4.69, 9.17) is 0 Å². The van der Waals surface area contributed by atoms with Gasteiger partial charge in [0.05, 0.1) is 17.7 Å². The van der Waals surface area contributed by atoms with Crippen molar-refractivity contribution < 1.29 is 14.7 Å². The van der Waals surface area contributed by atoms with Crippen LogP contribution < -0.4 is 5.32 Å². The summed E-state index contributed by atoms with van der Waals surface area (Å²) in [5.41, 5.74) is 1.18. The molecule has 1 aliphatic heterocycles. The molecule has 192 valence electrons. The van der Waals surface area contributed by atoms with Crippen molar-refractivity contribution in [2.24, 2.45) is 0 Å². The van der Waals surface area contributed by atoms with Crippen molar-refractivity contribution in [1.82, 2.24) is 14.8 Å². The molecule has 0 bridgehead atoms. The molecule has 3 amide bonds. The van der Waals surface area contributed by atoms with Gasteiger partial charge in [0.25, 0.3) is 0 Å². The second kappa shape index (κ2) is 9.85. The van der Waals surface area contributed by atoms with Crippen LogP contribution in [0.1, 0.15) is 70.3 Å². The summed E-state index contributed by atoms with van der Waals surface area (Å²) >= 11 is 0. The minimum atomic E-state index is -0.768. The van der Waals surface area contributed by atoms with Gasteiger partial charge in [-0.15, -0.1) is 0 Å². The van der Waals surface area contributed by atoms with E-state index in [1.807, 2.05) is 9.80 Å². The zero-order valence-corrected chi connectivity index (χ0v) is 21.3. The molecule has 7 nitrogen and oxygen atoms in total. The van der Waals surface area contributed by atoms with Crippen LogP contribution in [0, 0.1) is 0 Å². The van der Waals surface area contributed by atoms with Crippen LogP contribution in [-0.4, -0.2) is 62.6 Å². The number of pyridine rings is 1. The molecule has 2 aromatic rings. The van der Waals surface area contributed by atoms with Gasteiger partial charge in [-0.05, 0) is 74.5 Å². The van der Waals surface area contributed by atoms with Crippen LogP contribution in [0.2, 0.25) is 0 Å². The van der Waals surface area contributed by atoms with Crippen molar-refractivity contribution in [3.05, 3.63) is 60.4 Å². The predicted molar refractivity (Wildman–Crippen MR) is 140 cm³/mol. The lowest BCUT2D eigenvalue weighted by Crippen LogP contribution is -2.58. The number of aliphatic hydroxyl groups is 1. The second-order valence-electron chi connectivity index (χ2n) is 11.1. The van der Waals surface area contributed by atoms with E-state index in [1.54, 1.807) is 24.5 Å². The average Bonchev–Trinajstić information content (AvgIpc) is 3.14. The van der Waals surface area contributed by atoms with Gasteiger partial charge < -0.3 is 20.2 Å². The standard InChI is InChI=1S/C29H38N4O3/c1-2-27(23-7-4-3-5-8-23)14-16-28(17-15-27)21-32(26(35)33(28)22-29(36)12-6-13-29)20-11-25(34)31-24-9-18-30-19-10-24/h3-5,7-10,18-19,36H,2,6,11-17,20-22H2,1H3,(H,30,31,34). The van der Waals surface area contributed by atoms with Crippen LogP contribution in [0.25, 0.3) is 0 Å².